The minimum Gasteiger partial charge on any atom is -0.394 e. The molecule has 6 heteroatoms. The summed E-state index contributed by atoms with van der Waals surface area (Å²) in [7, 11) is 0. The van der Waals surface area contributed by atoms with Gasteiger partial charge in [0, 0.05) is 30.9 Å². The van der Waals surface area contributed by atoms with E-state index in [2.05, 4.69) is 5.32 Å². The average molecular weight is 396 g/mol. The molecule has 4 rings (SSSR count). The van der Waals surface area contributed by atoms with Gasteiger partial charge in [0.1, 0.15) is 5.82 Å². The van der Waals surface area contributed by atoms with Gasteiger partial charge in [-0.05, 0) is 30.0 Å². The molecular weight excluding hydrogens is 371 g/mol. The summed E-state index contributed by atoms with van der Waals surface area (Å²) in [6, 6.07) is 13.7. The first-order chi connectivity index (χ1) is 14.0. The topological polar surface area (TPSA) is 69.6 Å². The minimum atomic E-state index is -0.304. The zero-order valence-corrected chi connectivity index (χ0v) is 16.3. The number of likely N-dealkylation sites (tertiary alicyclic amines) is 1. The Morgan fingerprint density at radius 2 is 1.79 bits per heavy atom. The van der Waals surface area contributed by atoms with E-state index >= 15 is 0 Å². The Labute approximate surface area is 169 Å². The molecule has 1 aliphatic carbocycles. The van der Waals surface area contributed by atoms with Gasteiger partial charge < -0.3 is 15.3 Å². The van der Waals surface area contributed by atoms with Crippen LogP contribution in [0.5, 0.6) is 0 Å². The number of rotatable bonds is 6. The minimum absolute atomic E-state index is 0.0493. The summed E-state index contributed by atoms with van der Waals surface area (Å²) >= 11 is 0. The maximum Gasteiger partial charge on any atom is 0.226 e. The van der Waals surface area contributed by atoms with Crippen molar-refractivity contribution in [2.45, 2.75) is 37.8 Å². The van der Waals surface area contributed by atoms with Crippen molar-refractivity contribution in [1.82, 2.24) is 10.2 Å². The molecule has 1 saturated carbocycles. The van der Waals surface area contributed by atoms with Crippen LogP contribution in [0.2, 0.25) is 0 Å². The third-order valence-electron chi connectivity index (χ3n) is 5.95. The first-order valence-electron chi connectivity index (χ1n) is 10.0. The molecule has 29 heavy (non-hydrogen) atoms. The van der Waals surface area contributed by atoms with Crippen LogP contribution in [-0.4, -0.2) is 47.1 Å². The van der Waals surface area contributed by atoms with Crippen LogP contribution >= 0.6 is 0 Å². The highest BCUT2D eigenvalue weighted by Gasteiger charge is 2.53. The Hall–Kier alpha value is -2.73. The quantitative estimate of drug-likeness (QED) is 0.789. The summed E-state index contributed by atoms with van der Waals surface area (Å²) in [5.41, 5.74) is 2.28. The summed E-state index contributed by atoms with van der Waals surface area (Å²) in [4.78, 5) is 25.9. The van der Waals surface area contributed by atoms with Crippen molar-refractivity contribution in [3.8, 4) is 11.1 Å². The Balaban J connectivity index is 1.59. The zero-order valence-electron chi connectivity index (χ0n) is 16.3. The van der Waals surface area contributed by atoms with Crippen LogP contribution in [0.4, 0.5) is 4.39 Å². The first kappa shape index (κ1) is 19.6. The second kappa shape index (κ2) is 7.95. The summed E-state index contributed by atoms with van der Waals surface area (Å²) in [6.45, 7) is 1.67. The highest BCUT2D eigenvalue weighted by Crippen LogP contribution is 2.44. The molecule has 2 aromatic carbocycles. The Kier molecular flexibility index (Phi) is 5.37. The van der Waals surface area contributed by atoms with E-state index in [-0.39, 0.29) is 48.2 Å². The van der Waals surface area contributed by atoms with Gasteiger partial charge in [-0.15, -0.1) is 0 Å². The number of hydrogen-bond donors (Lipinski definition) is 2. The summed E-state index contributed by atoms with van der Waals surface area (Å²) in [6.07, 6.45) is 1.78. The number of hydrogen-bond acceptors (Lipinski definition) is 3. The summed E-state index contributed by atoms with van der Waals surface area (Å²) in [5.74, 6) is -0.386. The van der Waals surface area contributed by atoms with E-state index in [1.165, 1.54) is 13.0 Å². The molecule has 0 aromatic heterocycles. The van der Waals surface area contributed by atoms with Gasteiger partial charge in [-0.25, -0.2) is 4.39 Å². The molecule has 3 atom stereocenters. The van der Waals surface area contributed by atoms with Crippen molar-refractivity contribution in [2.24, 2.45) is 5.92 Å². The van der Waals surface area contributed by atoms with E-state index < -0.39 is 0 Å². The summed E-state index contributed by atoms with van der Waals surface area (Å²) in [5, 5.41) is 12.8. The van der Waals surface area contributed by atoms with Gasteiger partial charge in [0.05, 0.1) is 18.7 Å². The number of benzene rings is 2. The fourth-order valence-corrected chi connectivity index (χ4v) is 4.31. The van der Waals surface area contributed by atoms with Gasteiger partial charge in [0.2, 0.25) is 11.8 Å². The van der Waals surface area contributed by atoms with Crippen molar-refractivity contribution < 1.29 is 19.1 Å². The average Bonchev–Trinajstić information content (AvgIpc) is 3.53. The maximum atomic E-state index is 14.1. The Morgan fingerprint density at radius 3 is 2.38 bits per heavy atom. The second-order valence-electron chi connectivity index (χ2n) is 7.90. The lowest BCUT2D eigenvalue weighted by Gasteiger charge is -2.55. The van der Waals surface area contributed by atoms with Crippen LogP contribution in [0, 0.1) is 11.7 Å². The lowest BCUT2D eigenvalue weighted by molar-refractivity contribution is -0.152. The van der Waals surface area contributed by atoms with Crippen LogP contribution in [-0.2, 0) is 9.59 Å². The third-order valence-corrected chi connectivity index (χ3v) is 5.95. The predicted molar refractivity (Wildman–Crippen MR) is 107 cm³/mol. The molecule has 152 valence electrons. The molecule has 5 nitrogen and oxygen atoms in total. The number of nitrogens with one attached hydrogen (secondary N) is 1. The van der Waals surface area contributed by atoms with Gasteiger partial charge >= 0.3 is 0 Å². The molecule has 0 spiro atoms. The molecule has 1 heterocycles. The second-order valence-corrected chi connectivity index (χ2v) is 7.90. The highest BCUT2D eigenvalue weighted by atomic mass is 19.1. The van der Waals surface area contributed by atoms with Crippen molar-refractivity contribution in [1.29, 1.82) is 0 Å². The fourth-order valence-electron chi connectivity index (χ4n) is 4.31. The van der Waals surface area contributed by atoms with Crippen molar-refractivity contribution in [3.63, 3.8) is 0 Å². The van der Waals surface area contributed by atoms with E-state index in [0.29, 0.717) is 12.1 Å². The number of nitrogens with zero attached hydrogens (tertiary/aromatic N) is 1. The van der Waals surface area contributed by atoms with Crippen molar-refractivity contribution in [2.75, 3.05) is 13.2 Å². The molecule has 1 saturated heterocycles. The third kappa shape index (κ3) is 3.77. The van der Waals surface area contributed by atoms with Crippen molar-refractivity contribution >= 4 is 11.8 Å². The number of halogens is 1. The van der Waals surface area contributed by atoms with E-state index in [1.807, 2.05) is 24.3 Å². The Bertz CT molecular complexity index is 911. The monoisotopic (exact) mass is 396 g/mol. The molecular formula is C23H25FN2O3. The predicted octanol–water partition coefficient (Wildman–Crippen LogP) is 2.69. The van der Waals surface area contributed by atoms with E-state index in [9.17, 15) is 19.1 Å². The smallest absolute Gasteiger partial charge is 0.226 e. The molecule has 2 fully saturated rings. The zero-order chi connectivity index (χ0) is 20.5. The lowest BCUT2D eigenvalue weighted by atomic mass is 9.74. The number of aliphatic hydroxyl groups is 1. The molecule has 2 N–H and O–H groups in total. The normalized spacial score (nSPS) is 23.4. The largest absolute Gasteiger partial charge is 0.394 e. The number of amides is 2. The lowest BCUT2D eigenvalue weighted by Crippen LogP contribution is -2.68. The van der Waals surface area contributed by atoms with Crippen LogP contribution in [0.25, 0.3) is 11.1 Å². The summed E-state index contributed by atoms with van der Waals surface area (Å²) < 4.78 is 14.1. The fraction of sp³-hybridized carbons (Fsp3) is 0.391. The molecule has 2 amide bonds. The molecule has 1 aliphatic heterocycles. The standard InChI is InChI=1S/C23H25FN2O3/c1-14(28)25-12-20-22(21(13-27)26(20)23(29)17-10-11-17)16-8-6-15(7-9-16)18-4-2-3-5-19(18)24/h2-9,17,20-22,27H,10-13H2,1H3,(H,25,28)/t20-,21+,22+/m1/s1. The molecule has 0 bridgehead atoms. The van der Waals surface area contributed by atoms with E-state index in [4.69, 9.17) is 0 Å². The van der Waals surface area contributed by atoms with Gasteiger partial charge in [-0.2, -0.15) is 0 Å². The molecule has 2 aromatic rings. The van der Waals surface area contributed by atoms with Gasteiger partial charge in [-0.1, -0.05) is 42.5 Å². The number of carbonyl (C=O) groups is 2. The van der Waals surface area contributed by atoms with Crippen LogP contribution in [0.15, 0.2) is 48.5 Å². The van der Waals surface area contributed by atoms with E-state index in [0.717, 1.165) is 24.0 Å². The maximum absolute atomic E-state index is 14.1. The number of carbonyl (C=O) groups excluding carboxylic acids is 2. The molecule has 0 radical (unpaired) electrons. The Morgan fingerprint density at radius 1 is 1.10 bits per heavy atom. The van der Waals surface area contributed by atoms with Crippen LogP contribution < -0.4 is 5.32 Å². The van der Waals surface area contributed by atoms with Gasteiger partial charge in [-0.3, -0.25) is 9.59 Å². The van der Waals surface area contributed by atoms with Crippen LogP contribution in [0.1, 0.15) is 31.2 Å². The molecule has 0 unspecified atom stereocenters. The van der Waals surface area contributed by atoms with Crippen molar-refractivity contribution in [3.05, 3.63) is 59.9 Å². The van der Waals surface area contributed by atoms with E-state index in [1.54, 1.807) is 23.1 Å². The SMILES string of the molecule is CC(=O)NC[C@@H]1[C@H](c2ccc(-c3ccccc3F)cc2)[C@H](CO)N1C(=O)C1CC1. The highest BCUT2D eigenvalue weighted by molar-refractivity contribution is 5.83. The van der Waals surface area contributed by atoms with Gasteiger partial charge in [0.15, 0.2) is 0 Å². The van der Waals surface area contributed by atoms with Crippen LogP contribution in [0.3, 0.4) is 0 Å². The van der Waals surface area contributed by atoms with Gasteiger partial charge in [0.25, 0.3) is 0 Å². The first-order valence-corrected chi connectivity index (χ1v) is 10.0. The number of aliphatic hydroxyl groups excluding tert-OH is 1. The molecule has 2 aliphatic rings.